The topological polar surface area (TPSA) is 40.5 Å². The van der Waals surface area contributed by atoms with E-state index in [4.69, 9.17) is 10.2 Å². The summed E-state index contributed by atoms with van der Waals surface area (Å²) in [5.74, 6) is -0.121. The van der Waals surface area contributed by atoms with Crippen LogP contribution in [0.5, 0.6) is 0 Å². The third-order valence-electron chi connectivity index (χ3n) is 3.21. The van der Waals surface area contributed by atoms with Crippen LogP contribution in [0.3, 0.4) is 0 Å². The van der Waals surface area contributed by atoms with Crippen molar-refractivity contribution in [1.82, 2.24) is 0 Å². The highest BCUT2D eigenvalue weighted by Gasteiger charge is 2.09. The Hall–Kier alpha value is -1.64. The average molecular weight is 242 g/mol. The quantitative estimate of drug-likeness (QED) is 0.846. The lowest BCUT2D eigenvalue weighted by Crippen LogP contribution is -2.11. The molecule has 0 saturated carbocycles. The number of aliphatic hydroxyl groups is 2. The fourth-order valence-corrected chi connectivity index (χ4v) is 2.06. The zero-order valence-electron chi connectivity index (χ0n) is 10.3. The Morgan fingerprint density at radius 3 is 2.33 bits per heavy atom. The number of fused-ring (bicyclic) bond motifs is 1. The van der Waals surface area contributed by atoms with Crippen LogP contribution in [0.25, 0.3) is 16.3 Å². The maximum atomic E-state index is 9.09. The van der Waals surface area contributed by atoms with Crippen molar-refractivity contribution in [2.75, 3.05) is 13.2 Å². The fraction of sp³-hybridized carbons (Fsp3) is 0.250. The SMILES string of the molecule is C=C(CC(CO)CO)c1ccc2ccccc2c1. The van der Waals surface area contributed by atoms with Crippen molar-refractivity contribution < 1.29 is 10.2 Å². The molecule has 0 atom stereocenters. The molecule has 0 aliphatic carbocycles. The van der Waals surface area contributed by atoms with Crippen LogP contribution in [0.15, 0.2) is 49.0 Å². The molecule has 2 aromatic carbocycles. The summed E-state index contributed by atoms with van der Waals surface area (Å²) in [6, 6.07) is 14.4. The summed E-state index contributed by atoms with van der Waals surface area (Å²) in [6.45, 7) is 4.02. The summed E-state index contributed by atoms with van der Waals surface area (Å²) in [7, 11) is 0. The predicted octanol–water partition coefficient (Wildman–Crippen LogP) is 2.84. The summed E-state index contributed by atoms with van der Waals surface area (Å²) in [5, 5.41) is 20.6. The second-order valence-corrected chi connectivity index (χ2v) is 4.60. The van der Waals surface area contributed by atoms with Crippen LogP contribution in [-0.2, 0) is 0 Å². The fourth-order valence-electron chi connectivity index (χ4n) is 2.06. The normalized spacial score (nSPS) is 11.1. The monoisotopic (exact) mass is 242 g/mol. The van der Waals surface area contributed by atoms with E-state index in [2.05, 4.69) is 30.8 Å². The molecular weight excluding hydrogens is 224 g/mol. The minimum atomic E-state index is -0.121. The van der Waals surface area contributed by atoms with Crippen LogP contribution < -0.4 is 0 Å². The first kappa shape index (κ1) is 12.8. The van der Waals surface area contributed by atoms with Gasteiger partial charge >= 0.3 is 0 Å². The summed E-state index contributed by atoms with van der Waals surface area (Å²) in [6.07, 6.45) is 0.616. The Morgan fingerprint density at radius 1 is 1.00 bits per heavy atom. The Labute approximate surface area is 107 Å². The lowest BCUT2D eigenvalue weighted by Gasteiger charge is -2.13. The van der Waals surface area contributed by atoms with E-state index in [0.717, 1.165) is 11.1 Å². The molecule has 0 amide bonds. The highest BCUT2D eigenvalue weighted by Crippen LogP contribution is 2.24. The standard InChI is InChI=1S/C16H18O2/c1-12(8-13(10-17)11-18)15-7-6-14-4-2-3-5-16(14)9-15/h2-7,9,13,17-18H,1,8,10-11H2. The van der Waals surface area contributed by atoms with Crippen molar-refractivity contribution in [2.45, 2.75) is 6.42 Å². The molecule has 2 aromatic rings. The molecule has 0 fully saturated rings. The first-order chi connectivity index (χ1) is 8.74. The molecule has 0 aliphatic rings. The lowest BCUT2D eigenvalue weighted by atomic mass is 9.95. The minimum Gasteiger partial charge on any atom is -0.396 e. The maximum Gasteiger partial charge on any atom is 0.0484 e. The van der Waals surface area contributed by atoms with Gasteiger partial charge in [0, 0.05) is 19.1 Å². The molecule has 0 unspecified atom stereocenters. The van der Waals surface area contributed by atoms with Crippen molar-refractivity contribution in [2.24, 2.45) is 5.92 Å². The second kappa shape index (κ2) is 5.80. The van der Waals surface area contributed by atoms with Crippen LogP contribution in [-0.4, -0.2) is 23.4 Å². The Bertz CT molecular complexity index is 542. The number of aliphatic hydroxyl groups excluding tert-OH is 2. The summed E-state index contributed by atoms with van der Waals surface area (Å²) < 4.78 is 0. The van der Waals surface area contributed by atoms with E-state index in [1.807, 2.05) is 18.2 Å². The van der Waals surface area contributed by atoms with Crippen molar-refractivity contribution in [3.05, 3.63) is 54.6 Å². The van der Waals surface area contributed by atoms with Crippen LogP contribution in [0, 0.1) is 5.92 Å². The zero-order valence-corrected chi connectivity index (χ0v) is 10.3. The average Bonchev–Trinajstić information content (AvgIpc) is 2.44. The molecule has 0 bridgehead atoms. The Kier molecular flexibility index (Phi) is 4.13. The van der Waals surface area contributed by atoms with E-state index in [9.17, 15) is 0 Å². The minimum absolute atomic E-state index is 0.0108. The molecule has 2 heteroatoms. The second-order valence-electron chi connectivity index (χ2n) is 4.60. The molecule has 2 N–H and O–H groups in total. The molecule has 0 aromatic heterocycles. The summed E-state index contributed by atoms with van der Waals surface area (Å²) in [5.41, 5.74) is 2.02. The van der Waals surface area contributed by atoms with Gasteiger partial charge in [0.1, 0.15) is 0 Å². The van der Waals surface area contributed by atoms with Gasteiger partial charge in [0.25, 0.3) is 0 Å². The Balaban J connectivity index is 2.22. The molecule has 94 valence electrons. The molecular formula is C16H18O2. The van der Waals surface area contributed by atoms with Gasteiger partial charge in [-0.05, 0) is 34.4 Å². The number of benzene rings is 2. The van der Waals surface area contributed by atoms with Crippen LogP contribution in [0.2, 0.25) is 0 Å². The molecule has 0 saturated heterocycles. The summed E-state index contributed by atoms with van der Waals surface area (Å²) in [4.78, 5) is 0. The lowest BCUT2D eigenvalue weighted by molar-refractivity contribution is 0.153. The third kappa shape index (κ3) is 2.78. The highest BCUT2D eigenvalue weighted by atomic mass is 16.3. The van der Waals surface area contributed by atoms with Gasteiger partial charge in [-0.25, -0.2) is 0 Å². The number of hydrogen-bond donors (Lipinski definition) is 2. The van der Waals surface area contributed by atoms with Gasteiger partial charge in [0.05, 0.1) is 0 Å². The van der Waals surface area contributed by atoms with Crippen molar-refractivity contribution in [3.63, 3.8) is 0 Å². The molecule has 0 spiro atoms. The number of hydrogen-bond acceptors (Lipinski definition) is 2. The van der Waals surface area contributed by atoms with Crippen LogP contribution in [0.4, 0.5) is 0 Å². The number of allylic oxidation sites excluding steroid dienone is 1. The molecule has 2 rings (SSSR count). The first-order valence-electron chi connectivity index (χ1n) is 6.13. The van der Waals surface area contributed by atoms with Gasteiger partial charge in [-0.3, -0.25) is 0 Å². The van der Waals surface area contributed by atoms with E-state index in [1.54, 1.807) is 0 Å². The van der Waals surface area contributed by atoms with E-state index in [-0.39, 0.29) is 19.1 Å². The molecule has 18 heavy (non-hydrogen) atoms. The van der Waals surface area contributed by atoms with Crippen LogP contribution >= 0.6 is 0 Å². The van der Waals surface area contributed by atoms with Crippen molar-refractivity contribution in [1.29, 1.82) is 0 Å². The first-order valence-corrected chi connectivity index (χ1v) is 6.13. The van der Waals surface area contributed by atoms with Crippen molar-refractivity contribution in [3.8, 4) is 0 Å². The van der Waals surface area contributed by atoms with E-state index in [0.29, 0.717) is 6.42 Å². The van der Waals surface area contributed by atoms with Crippen molar-refractivity contribution >= 4 is 16.3 Å². The van der Waals surface area contributed by atoms with Gasteiger partial charge in [0.15, 0.2) is 0 Å². The smallest absolute Gasteiger partial charge is 0.0484 e. The van der Waals surface area contributed by atoms with Gasteiger partial charge in [0.2, 0.25) is 0 Å². The van der Waals surface area contributed by atoms with E-state index < -0.39 is 0 Å². The van der Waals surface area contributed by atoms with Gasteiger partial charge in [-0.2, -0.15) is 0 Å². The molecule has 0 heterocycles. The molecule has 2 nitrogen and oxygen atoms in total. The molecule has 0 radical (unpaired) electrons. The zero-order chi connectivity index (χ0) is 13.0. The summed E-state index contributed by atoms with van der Waals surface area (Å²) >= 11 is 0. The highest BCUT2D eigenvalue weighted by molar-refractivity contribution is 5.86. The number of rotatable bonds is 5. The van der Waals surface area contributed by atoms with Gasteiger partial charge in [-0.1, -0.05) is 43.0 Å². The van der Waals surface area contributed by atoms with E-state index in [1.165, 1.54) is 10.8 Å². The largest absolute Gasteiger partial charge is 0.396 e. The Morgan fingerprint density at radius 2 is 1.67 bits per heavy atom. The van der Waals surface area contributed by atoms with E-state index >= 15 is 0 Å². The molecule has 0 aliphatic heterocycles. The van der Waals surface area contributed by atoms with Gasteiger partial charge < -0.3 is 10.2 Å². The maximum absolute atomic E-state index is 9.09. The van der Waals surface area contributed by atoms with Gasteiger partial charge in [-0.15, -0.1) is 0 Å². The van der Waals surface area contributed by atoms with Crippen LogP contribution in [0.1, 0.15) is 12.0 Å². The third-order valence-corrected chi connectivity index (χ3v) is 3.21. The predicted molar refractivity (Wildman–Crippen MR) is 75.3 cm³/mol.